The highest BCUT2D eigenvalue weighted by Crippen LogP contribution is 2.22. The summed E-state index contributed by atoms with van der Waals surface area (Å²) in [6, 6.07) is 10.2. The number of benzene rings is 1. The molecule has 0 spiro atoms. The Morgan fingerprint density at radius 3 is 2.30 bits per heavy atom. The summed E-state index contributed by atoms with van der Waals surface area (Å²) in [6.07, 6.45) is 3.69. The van der Waals surface area contributed by atoms with Crippen molar-refractivity contribution >= 4 is 23.3 Å². The van der Waals surface area contributed by atoms with E-state index in [1.54, 1.807) is 4.90 Å². The molecule has 1 fully saturated rings. The lowest BCUT2D eigenvalue weighted by atomic mass is 9.99. The molecule has 1 aromatic carbocycles. The van der Waals surface area contributed by atoms with Crippen LogP contribution < -0.4 is 0 Å². The average Bonchev–Trinajstić information content (AvgIpc) is 2.92. The number of imide groups is 1. The number of likely N-dealkylation sites (tertiary alicyclic amines) is 1. The fraction of sp³-hybridized carbons (Fsp3) is 0.389. The molecule has 0 radical (unpaired) electrons. The van der Waals surface area contributed by atoms with Gasteiger partial charge in [0, 0.05) is 38.9 Å². The first-order valence-corrected chi connectivity index (χ1v) is 8.00. The predicted octanol–water partition coefficient (Wildman–Crippen LogP) is 1.84. The second-order valence-electron chi connectivity index (χ2n) is 5.87. The van der Waals surface area contributed by atoms with Crippen molar-refractivity contribution in [1.29, 1.82) is 0 Å². The molecule has 2 heterocycles. The summed E-state index contributed by atoms with van der Waals surface area (Å²) in [6.45, 7) is 1.48. The molecule has 0 atom stereocenters. The fourth-order valence-corrected chi connectivity index (χ4v) is 3.05. The third-order valence-corrected chi connectivity index (χ3v) is 4.41. The molecular weight excluding hydrogens is 292 g/mol. The minimum Gasteiger partial charge on any atom is -0.339 e. The van der Waals surface area contributed by atoms with Crippen LogP contribution in [0.4, 0.5) is 0 Å². The smallest absolute Gasteiger partial charge is 0.229 e. The van der Waals surface area contributed by atoms with Crippen molar-refractivity contribution in [3.8, 4) is 0 Å². The Morgan fingerprint density at radius 1 is 1.00 bits per heavy atom. The van der Waals surface area contributed by atoms with E-state index in [0.29, 0.717) is 13.1 Å². The van der Waals surface area contributed by atoms with Crippen LogP contribution in [-0.4, -0.2) is 47.2 Å². The summed E-state index contributed by atoms with van der Waals surface area (Å²) in [4.78, 5) is 38.4. The Bertz CT molecular complexity index is 635. The zero-order valence-electron chi connectivity index (χ0n) is 13.0. The van der Waals surface area contributed by atoms with Crippen molar-refractivity contribution < 1.29 is 14.4 Å². The van der Waals surface area contributed by atoms with Gasteiger partial charge in [-0.3, -0.25) is 19.3 Å². The second-order valence-corrected chi connectivity index (χ2v) is 5.87. The molecule has 0 bridgehead atoms. The van der Waals surface area contributed by atoms with E-state index in [2.05, 4.69) is 18.2 Å². The van der Waals surface area contributed by atoms with Crippen LogP contribution in [0, 0.1) is 0 Å². The van der Waals surface area contributed by atoms with Gasteiger partial charge in [0.05, 0.1) is 0 Å². The molecule has 23 heavy (non-hydrogen) atoms. The first-order chi connectivity index (χ1) is 11.1. The molecule has 5 nitrogen and oxygen atoms in total. The van der Waals surface area contributed by atoms with E-state index < -0.39 is 0 Å². The van der Waals surface area contributed by atoms with E-state index in [9.17, 15) is 14.4 Å². The van der Waals surface area contributed by atoms with E-state index >= 15 is 0 Å². The molecule has 3 amide bonds. The summed E-state index contributed by atoms with van der Waals surface area (Å²) in [5, 5.41) is 0. The fourth-order valence-electron chi connectivity index (χ4n) is 3.05. The highest BCUT2D eigenvalue weighted by atomic mass is 16.2. The van der Waals surface area contributed by atoms with Crippen LogP contribution >= 0.6 is 0 Å². The van der Waals surface area contributed by atoms with Gasteiger partial charge < -0.3 is 4.90 Å². The Balaban J connectivity index is 1.53. The van der Waals surface area contributed by atoms with Gasteiger partial charge in [-0.15, -0.1) is 0 Å². The molecule has 1 aromatic rings. The lowest BCUT2D eigenvalue weighted by Crippen LogP contribution is -2.38. The number of carbonyl (C=O) groups is 3. The van der Waals surface area contributed by atoms with Crippen LogP contribution in [0.25, 0.3) is 5.57 Å². The number of carbonyl (C=O) groups excluding carboxylic acids is 3. The van der Waals surface area contributed by atoms with Gasteiger partial charge in [-0.05, 0) is 17.6 Å². The Labute approximate surface area is 135 Å². The van der Waals surface area contributed by atoms with Crippen molar-refractivity contribution in [3.63, 3.8) is 0 Å². The van der Waals surface area contributed by atoms with Crippen molar-refractivity contribution in [1.82, 2.24) is 9.80 Å². The van der Waals surface area contributed by atoms with Crippen LogP contribution in [0.1, 0.15) is 31.2 Å². The topological polar surface area (TPSA) is 57.7 Å². The predicted molar refractivity (Wildman–Crippen MR) is 86.2 cm³/mol. The second kappa shape index (κ2) is 6.77. The van der Waals surface area contributed by atoms with Gasteiger partial charge in [-0.1, -0.05) is 36.4 Å². The minimum atomic E-state index is -0.160. The van der Waals surface area contributed by atoms with Crippen LogP contribution in [0.15, 0.2) is 36.4 Å². The molecule has 0 unspecified atom stereocenters. The van der Waals surface area contributed by atoms with E-state index in [-0.39, 0.29) is 43.5 Å². The van der Waals surface area contributed by atoms with Crippen molar-refractivity contribution in [3.05, 3.63) is 42.0 Å². The highest BCUT2D eigenvalue weighted by molar-refractivity contribution is 6.02. The standard InChI is InChI=1S/C18H20N2O3/c21-16(10-13-20-17(22)6-7-18(20)23)19-11-8-15(9-12-19)14-4-2-1-3-5-14/h1-5,8H,6-7,9-13H2. The number of hydrogen-bond donors (Lipinski definition) is 0. The van der Waals surface area contributed by atoms with Gasteiger partial charge >= 0.3 is 0 Å². The van der Waals surface area contributed by atoms with E-state index in [1.807, 2.05) is 18.2 Å². The average molecular weight is 312 g/mol. The lowest BCUT2D eigenvalue weighted by Gasteiger charge is -2.27. The van der Waals surface area contributed by atoms with Crippen LogP contribution in [0.2, 0.25) is 0 Å². The zero-order valence-corrected chi connectivity index (χ0v) is 13.0. The van der Waals surface area contributed by atoms with Gasteiger partial charge in [0.1, 0.15) is 0 Å². The molecule has 120 valence electrons. The molecular formula is C18H20N2O3. The summed E-state index contributed by atoms with van der Waals surface area (Å²) >= 11 is 0. The van der Waals surface area contributed by atoms with E-state index in [4.69, 9.17) is 0 Å². The number of rotatable bonds is 4. The van der Waals surface area contributed by atoms with Crippen molar-refractivity contribution in [2.45, 2.75) is 25.7 Å². The van der Waals surface area contributed by atoms with Crippen LogP contribution in [-0.2, 0) is 14.4 Å². The number of hydrogen-bond acceptors (Lipinski definition) is 3. The zero-order chi connectivity index (χ0) is 16.2. The third-order valence-electron chi connectivity index (χ3n) is 4.41. The van der Waals surface area contributed by atoms with Crippen molar-refractivity contribution in [2.24, 2.45) is 0 Å². The molecule has 3 rings (SSSR count). The van der Waals surface area contributed by atoms with E-state index in [1.165, 1.54) is 16.0 Å². The van der Waals surface area contributed by atoms with Crippen molar-refractivity contribution in [2.75, 3.05) is 19.6 Å². The van der Waals surface area contributed by atoms with Gasteiger partial charge in [0.25, 0.3) is 0 Å². The van der Waals surface area contributed by atoms with Gasteiger partial charge in [-0.25, -0.2) is 0 Å². The first kappa shape index (κ1) is 15.5. The summed E-state index contributed by atoms with van der Waals surface area (Å²) < 4.78 is 0. The summed E-state index contributed by atoms with van der Waals surface area (Å²) in [5.74, 6) is -0.318. The minimum absolute atomic E-state index is 0.000798. The number of amides is 3. The molecule has 0 aliphatic carbocycles. The van der Waals surface area contributed by atoms with Gasteiger partial charge in [0.15, 0.2) is 0 Å². The Kier molecular flexibility index (Phi) is 4.55. The maximum Gasteiger partial charge on any atom is 0.229 e. The van der Waals surface area contributed by atoms with E-state index in [0.717, 1.165) is 6.42 Å². The highest BCUT2D eigenvalue weighted by Gasteiger charge is 2.29. The summed E-state index contributed by atoms with van der Waals surface area (Å²) in [5.41, 5.74) is 2.47. The molecule has 0 saturated carbocycles. The number of nitrogens with zero attached hydrogens (tertiary/aromatic N) is 2. The van der Waals surface area contributed by atoms with Crippen LogP contribution in [0.3, 0.4) is 0 Å². The quantitative estimate of drug-likeness (QED) is 0.797. The molecule has 2 aliphatic heterocycles. The summed E-state index contributed by atoms with van der Waals surface area (Å²) in [7, 11) is 0. The Morgan fingerprint density at radius 2 is 1.70 bits per heavy atom. The normalized spacial score (nSPS) is 18.3. The Hall–Kier alpha value is -2.43. The maximum atomic E-state index is 12.3. The lowest BCUT2D eigenvalue weighted by molar-refractivity contribution is -0.139. The molecule has 5 heteroatoms. The monoisotopic (exact) mass is 312 g/mol. The van der Waals surface area contributed by atoms with Gasteiger partial charge in [0.2, 0.25) is 17.7 Å². The molecule has 2 aliphatic rings. The van der Waals surface area contributed by atoms with Crippen LogP contribution in [0.5, 0.6) is 0 Å². The molecule has 1 saturated heterocycles. The first-order valence-electron chi connectivity index (χ1n) is 8.00. The SMILES string of the molecule is O=C(CCN1C(=O)CCC1=O)N1CC=C(c2ccccc2)CC1. The maximum absolute atomic E-state index is 12.3. The third kappa shape index (κ3) is 3.50. The van der Waals surface area contributed by atoms with Gasteiger partial charge in [-0.2, -0.15) is 0 Å². The largest absolute Gasteiger partial charge is 0.339 e. The molecule has 0 aromatic heterocycles. The molecule has 0 N–H and O–H groups in total.